The first kappa shape index (κ1) is 12.6. The molecule has 2 nitrogen and oxygen atoms in total. The third kappa shape index (κ3) is 10.6. The van der Waals surface area contributed by atoms with Crippen molar-refractivity contribution in [3.8, 4) is 0 Å². The first-order chi connectivity index (χ1) is 5.91. The van der Waals surface area contributed by atoms with Gasteiger partial charge in [0, 0.05) is 24.7 Å². The lowest BCUT2D eigenvalue weighted by Crippen LogP contribution is -2.02. The van der Waals surface area contributed by atoms with Gasteiger partial charge < -0.3 is 9.47 Å². The molecule has 74 valence electrons. The topological polar surface area (TPSA) is 18.5 Å². The zero-order valence-corrected chi connectivity index (χ0v) is 9.16. The maximum absolute atomic E-state index is 5.24. The van der Waals surface area contributed by atoms with Crippen molar-refractivity contribution in [1.29, 1.82) is 0 Å². The number of ether oxygens (including phenoxy) is 2. The van der Waals surface area contributed by atoms with E-state index in [4.69, 9.17) is 9.47 Å². The van der Waals surface area contributed by atoms with Crippen LogP contribution in [-0.2, 0) is 9.47 Å². The second kappa shape index (κ2) is 11.6. The summed E-state index contributed by atoms with van der Waals surface area (Å²) in [5.41, 5.74) is 0. The maximum Gasteiger partial charge on any atom is 0.0554 e. The fourth-order valence-electron chi connectivity index (χ4n) is 0.741. The number of hydrogen-bond acceptors (Lipinski definition) is 4. The molecule has 12 heavy (non-hydrogen) atoms. The van der Waals surface area contributed by atoms with Crippen LogP contribution in [0.1, 0.15) is 12.8 Å². The van der Waals surface area contributed by atoms with Gasteiger partial charge in [0.2, 0.25) is 0 Å². The van der Waals surface area contributed by atoms with Crippen molar-refractivity contribution < 1.29 is 9.47 Å². The van der Waals surface area contributed by atoms with E-state index in [2.05, 4.69) is 25.3 Å². The summed E-state index contributed by atoms with van der Waals surface area (Å²) < 4.78 is 10.5. The number of rotatable bonds is 9. The predicted octanol–water partition coefficient (Wildman–Crippen LogP) is 1.66. The molecular formula is C8H18O2S2. The lowest BCUT2D eigenvalue weighted by atomic mass is 10.3. The van der Waals surface area contributed by atoms with Crippen LogP contribution in [0.15, 0.2) is 0 Å². The molecule has 0 spiro atoms. The maximum atomic E-state index is 5.24. The molecule has 0 aromatic heterocycles. The summed E-state index contributed by atoms with van der Waals surface area (Å²) in [5, 5.41) is 0. The minimum Gasteiger partial charge on any atom is -0.381 e. The number of unbranched alkanes of at least 4 members (excludes halogenated alkanes) is 1. The van der Waals surface area contributed by atoms with Crippen LogP contribution < -0.4 is 0 Å². The van der Waals surface area contributed by atoms with Gasteiger partial charge in [0.15, 0.2) is 0 Å². The van der Waals surface area contributed by atoms with E-state index in [1.54, 1.807) is 0 Å². The molecule has 0 saturated heterocycles. The van der Waals surface area contributed by atoms with Gasteiger partial charge in [-0.3, -0.25) is 0 Å². The van der Waals surface area contributed by atoms with Gasteiger partial charge in [-0.2, -0.15) is 25.3 Å². The van der Waals surface area contributed by atoms with Crippen LogP contribution in [0.25, 0.3) is 0 Å². The Morgan fingerprint density at radius 1 is 0.667 bits per heavy atom. The van der Waals surface area contributed by atoms with Crippen molar-refractivity contribution in [3.63, 3.8) is 0 Å². The molecule has 0 heterocycles. The Morgan fingerprint density at radius 3 is 1.42 bits per heavy atom. The van der Waals surface area contributed by atoms with Crippen LogP contribution in [0.5, 0.6) is 0 Å². The van der Waals surface area contributed by atoms with Crippen molar-refractivity contribution in [1.82, 2.24) is 0 Å². The Labute approximate surface area is 85.8 Å². The molecule has 0 aliphatic rings. The van der Waals surface area contributed by atoms with E-state index in [-0.39, 0.29) is 0 Å². The number of hydrogen-bond donors (Lipinski definition) is 2. The summed E-state index contributed by atoms with van der Waals surface area (Å²) in [7, 11) is 0. The molecule has 0 radical (unpaired) electrons. The summed E-state index contributed by atoms with van der Waals surface area (Å²) in [6.45, 7) is 3.15. The van der Waals surface area contributed by atoms with Gasteiger partial charge >= 0.3 is 0 Å². The smallest absolute Gasteiger partial charge is 0.0554 e. The van der Waals surface area contributed by atoms with Gasteiger partial charge in [0.1, 0.15) is 0 Å². The van der Waals surface area contributed by atoms with E-state index >= 15 is 0 Å². The van der Waals surface area contributed by atoms with Crippen LogP contribution >= 0.6 is 25.3 Å². The second-order valence-corrected chi connectivity index (χ2v) is 3.27. The third-order valence-electron chi connectivity index (χ3n) is 1.30. The fraction of sp³-hybridized carbons (Fsp3) is 1.00. The summed E-state index contributed by atoms with van der Waals surface area (Å²) in [6.07, 6.45) is 2.14. The molecule has 0 atom stereocenters. The van der Waals surface area contributed by atoms with E-state index in [1.807, 2.05) is 0 Å². The van der Waals surface area contributed by atoms with Gasteiger partial charge in [-0.15, -0.1) is 0 Å². The van der Waals surface area contributed by atoms with Gasteiger partial charge in [-0.25, -0.2) is 0 Å². The van der Waals surface area contributed by atoms with Crippen LogP contribution in [0, 0.1) is 0 Å². The molecule has 4 heteroatoms. The standard InChI is InChI=1S/C8H18O2S2/c11-7-5-9-3-1-2-4-10-6-8-12/h11-12H,1-8H2. The van der Waals surface area contributed by atoms with Gasteiger partial charge in [-0.1, -0.05) is 0 Å². The van der Waals surface area contributed by atoms with E-state index in [1.165, 1.54) is 0 Å². The Kier molecular flexibility index (Phi) is 12.2. The van der Waals surface area contributed by atoms with E-state index in [9.17, 15) is 0 Å². The lowest BCUT2D eigenvalue weighted by molar-refractivity contribution is 0.117. The molecule has 0 fully saturated rings. The lowest BCUT2D eigenvalue weighted by Gasteiger charge is -2.02. The highest BCUT2D eigenvalue weighted by Gasteiger charge is 1.89. The average molecular weight is 210 g/mol. The molecule has 0 bridgehead atoms. The molecule has 0 amide bonds. The first-order valence-electron chi connectivity index (χ1n) is 4.29. The highest BCUT2D eigenvalue weighted by Crippen LogP contribution is 1.92. The monoisotopic (exact) mass is 210 g/mol. The van der Waals surface area contributed by atoms with Crippen LogP contribution in [-0.4, -0.2) is 37.9 Å². The Bertz CT molecular complexity index is 71.5. The molecule has 0 aliphatic heterocycles. The molecule has 0 aromatic rings. The van der Waals surface area contributed by atoms with Crippen LogP contribution in [0.4, 0.5) is 0 Å². The van der Waals surface area contributed by atoms with Gasteiger partial charge in [0.25, 0.3) is 0 Å². The van der Waals surface area contributed by atoms with Crippen molar-refractivity contribution in [2.24, 2.45) is 0 Å². The summed E-state index contributed by atoms with van der Waals surface area (Å²) >= 11 is 8.07. The molecular weight excluding hydrogens is 192 g/mol. The summed E-state index contributed by atoms with van der Waals surface area (Å²) in [4.78, 5) is 0. The van der Waals surface area contributed by atoms with Crippen molar-refractivity contribution in [2.45, 2.75) is 12.8 Å². The summed E-state index contributed by atoms with van der Waals surface area (Å²) in [5.74, 6) is 1.60. The van der Waals surface area contributed by atoms with Crippen molar-refractivity contribution in [2.75, 3.05) is 37.9 Å². The van der Waals surface area contributed by atoms with E-state index < -0.39 is 0 Å². The largest absolute Gasteiger partial charge is 0.381 e. The first-order valence-corrected chi connectivity index (χ1v) is 5.55. The van der Waals surface area contributed by atoms with Crippen LogP contribution in [0.2, 0.25) is 0 Å². The second-order valence-electron chi connectivity index (χ2n) is 2.38. The average Bonchev–Trinajstić information content (AvgIpc) is 2.10. The fourth-order valence-corrected chi connectivity index (χ4v) is 1.000. The summed E-state index contributed by atoms with van der Waals surface area (Å²) in [6, 6.07) is 0. The zero-order valence-electron chi connectivity index (χ0n) is 7.37. The van der Waals surface area contributed by atoms with Gasteiger partial charge in [-0.05, 0) is 12.8 Å². The quantitative estimate of drug-likeness (QED) is 0.445. The normalized spacial score (nSPS) is 10.5. The van der Waals surface area contributed by atoms with E-state index in [0.717, 1.165) is 50.8 Å². The Balaban J connectivity index is 2.73. The van der Waals surface area contributed by atoms with Crippen molar-refractivity contribution >= 4 is 25.3 Å². The minimum atomic E-state index is 0.751. The molecule has 0 aromatic carbocycles. The molecule has 0 N–H and O–H groups in total. The Morgan fingerprint density at radius 2 is 1.08 bits per heavy atom. The molecule has 0 aliphatic carbocycles. The predicted molar refractivity (Wildman–Crippen MR) is 58.6 cm³/mol. The third-order valence-corrected chi connectivity index (χ3v) is 1.66. The van der Waals surface area contributed by atoms with E-state index in [0.29, 0.717) is 0 Å². The van der Waals surface area contributed by atoms with Crippen LogP contribution in [0.3, 0.4) is 0 Å². The molecule has 0 rings (SSSR count). The Hall–Kier alpha value is 0.620. The molecule has 0 saturated carbocycles. The number of thiol groups is 2. The van der Waals surface area contributed by atoms with Crippen molar-refractivity contribution in [3.05, 3.63) is 0 Å². The zero-order chi connectivity index (χ0) is 9.07. The highest BCUT2D eigenvalue weighted by atomic mass is 32.1. The van der Waals surface area contributed by atoms with Gasteiger partial charge in [0.05, 0.1) is 13.2 Å². The minimum absolute atomic E-state index is 0.751. The SMILES string of the molecule is SCCOCCCCOCCS. The highest BCUT2D eigenvalue weighted by molar-refractivity contribution is 7.80. The molecule has 0 unspecified atom stereocenters.